The van der Waals surface area contributed by atoms with Gasteiger partial charge in [-0.05, 0) is 113 Å². The van der Waals surface area contributed by atoms with Crippen LogP contribution in [-0.4, -0.2) is 0 Å². The summed E-state index contributed by atoms with van der Waals surface area (Å²) in [6, 6.07) is -59.2. The van der Waals surface area contributed by atoms with Crippen LogP contribution in [0.5, 0.6) is 0 Å². The lowest BCUT2D eigenvalue weighted by Crippen LogP contribution is -2.28. The summed E-state index contributed by atoms with van der Waals surface area (Å²) in [6.45, 7) is 0. The zero-order valence-corrected chi connectivity index (χ0v) is 32.9. The van der Waals surface area contributed by atoms with Gasteiger partial charge < -0.3 is 4.90 Å². The maximum Gasteiger partial charge on any atom is 0.0714 e. The molecule has 0 saturated carbocycles. The van der Waals surface area contributed by atoms with Gasteiger partial charge in [-0.2, -0.15) is 0 Å². The Labute approximate surface area is 450 Å². The summed E-state index contributed by atoms with van der Waals surface area (Å²) in [6.07, 6.45) is 0. The van der Waals surface area contributed by atoms with Gasteiger partial charge in [-0.25, -0.2) is 0 Å². The first-order valence-electron chi connectivity index (χ1n) is 41.7. The molecule has 0 atom stereocenters. The first-order valence-corrected chi connectivity index (χ1v) is 19.2. The van der Waals surface area contributed by atoms with Gasteiger partial charge in [-0.15, -0.1) is 0 Å². The fourth-order valence-corrected chi connectivity index (χ4v) is 7.57. The Morgan fingerprint density at radius 2 is 0.773 bits per heavy atom. The fraction of sp³-hybridized carbons (Fsp3) is 0.0154. The molecule has 0 radical (unpaired) electrons. The third kappa shape index (κ3) is 6.56. The van der Waals surface area contributed by atoms with Crippen LogP contribution in [0.3, 0.4) is 0 Å². The van der Waals surface area contributed by atoms with Gasteiger partial charge in [0.25, 0.3) is 0 Å². The normalized spacial score (nSPS) is 21.9. The van der Waals surface area contributed by atoms with Gasteiger partial charge in [-0.3, -0.25) is 0 Å². The first-order chi connectivity index (χ1) is 51.5. The lowest BCUT2D eigenvalue weighted by Gasteiger charge is -2.35. The number of para-hydroxylation sites is 1. The second-order valence-corrected chi connectivity index (χ2v) is 13.8. The summed E-state index contributed by atoms with van der Waals surface area (Å²) >= 11 is 0. The van der Waals surface area contributed by atoms with E-state index in [0.717, 1.165) is 0 Å². The van der Waals surface area contributed by atoms with E-state index in [1.165, 1.54) is 0 Å². The predicted octanol–water partition coefficient (Wildman–Crippen LogP) is 17.3. The molecule has 66 heavy (non-hydrogen) atoms. The average molecular weight is 885 g/mol. The van der Waals surface area contributed by atoms with E-state index < -0.39 is 383 Å². The van der Waals surface area contributed by atoms with E-state index in [4.69, 9.17) is 27.4 Å². The van der Waals surface area contributed by atoms with Crippen molar-refractivity contribution in [1.82, 2.24) is 0 Å². The smallest absolute Gasteiger partial charge is 0.0714 e. The van der Waals surface area contributed by atoms with Crippen molar-refractivity contribution in [3.63, 3.8) is 0 Å². The molecule has 1 nitrogen and oxygen atoms in total. The van der Waals surface area contributed by atoms with Crippen LogP contribution in [0, 0.1) is 0 Å². The summed E-state index contributed by atoms with van der Waals surface area (Å²) in [5.41, 5.74) is -24.9. The van der Waals surface area contributed by atoms with Crippen LogP contribution in [0.25, 0.3) is 66.4 Å². The highest BCUT2D eigenvalue weighted by atomic mass is 15.1. The molecule has 0 saturated heterocycles. The number of anilines is 3. The van der Waals surface area contributed by atoms with Gasteiger partial charge in [0.1, 0.15) is 0 Å². The van der Waals surface area contributed by atoms with Crippen molar-refractivity contribution in [2.45, 2.75) is 5.41 Å². The van der Waals surface area contributed by atoms with Crippen molar-refractivity contribution < 1.29 is 61.7 Å². The van der Waals surface area contributed by atoms with E-state index in [1.807, 2.05) is 0 Å². The Morgan fingerprint density at radius 1 is 0.303 bits per heavy atom. The lowest BCUT2D eigenvalue weighted by atomic mass is 9.67. The minimum atomic E-state index is -3.69. The topological polar surface area (TPSA) is 3.24 Å². The highest BCUT2D eigenvalue weighted by Crippen LogP contribution is 2.57. The van der Waals surface area contributed by atoms with Crippen LogP contribution in [0.4, 0.5) is 17.1 Å². The number of hydrogen-bond acceptors (Lipinski definition) is 1. The fourth-order valence-electron chi connectivity index (χ4n) is 7.57. The standard InChI is InChI=1S/C65H45N/c1-5-19-46(20-6-1)47-33-35-51(36-34-47)64-57-29-14-13-23-49(57)39-43-58(64)50-37-40-54(41-38-50)66(63-32-18-16-28-56(63)48-21-7-2-8-22-48)55-42-44-60-59-30-15-17-31-61(59)65(62(60)45-55,52-24-9-3-10-25-52)53-26-11-4-12-27-53/h1-45H/i1D,2D,3D,4D,5D,6D,7D,8D,9D,10D,11D,12D,13D,14D,15D,16D,17D,18D,19D,20D,21D,22D,23D,24D,25D,26D,27D,28D,29D,30D,31D,32D,33D,34D,35D,36D,37D,38D,39D,40D,41D,42D,43D,44D,45D. The van der Waals surface area contributed by atoms with Gasteiger partial charge in [0.05, 0.1) is 72.8 Å². The van der Waals surface area contributed by atoms with E-state index in [9.17, 15) is 34.3 Å². The molecule has 0 N–H and O–H groups in total. The van der Waals surface area contributed by atoms with Crippen molar-refractivity contribution in [3.8, 4) is 55.6 Å². The number of hydrogen-bond donors (Lipinski definition) is 0. The molecule has 0 amide bonds. The zero-order chi connectivity index (χ0) is 83.0. The largest absolute Gasteiger partial charge is 0.310 e. The zero-order valence-electron chi connectivity index (χ0n) is 77.9. The van der Waals surface area contributed by atoms with E-state index in [-0.39, 0.29) is 4.90 Å². The molecule has 0 bridgehead atoms. The van der Waals surface area contributed by atoms with E-state index in [1.54, 1.807) is 0 Å². The molecular formula is C65H45N. The number of benzene rings is 11. The summed E-state index contributed by atoms with van der Waals surface area (Å²) in [5.74, 6) is 0. The van der Waals surface area contributed by atoms with Crippen molar-refractivity contribution in [2.24, 2.45) is 0 Å². The molecule has 0 unspecified atom stereocenters. The van der Waals surface area contributed by atoms with E-state index in [2.05, 4.69) is 0 Å². The van der Waals surface area contributed by atoms with Crippen LogP contribution in [-0.2, 0) is 5.41 Å². The van der Waals surface area contributed by atoms with Crippen LogP contribution in [0.1, 0.15) is 83.9 Å². The van der Waals surface area contributed by atoms with Crippen molar-refractivity contribution >= 4 is 27.8 Å². The molecule has 1 heteroatoms. The quantitative estimate of drug-likeness (QED) is 0.140. The van der Waals surface area contributed by atoms with Gasteiger partial charge in [0, 0.05) is 16.9 Å². The first kappa shape index (κ1) is 14.2. The third-order valence-corrected chi connectivity index (χ3v) is 10.3. The number of rotatable bonds is 9. The molecule has 310 valence electrons. The second-order valence-electron chi connectivity index (χ2n) is 13.8. The van der Waals surface area contributed by atoms with Gasteiger partial charge in [0.2, 0.25) is 0 Å². The molecule has 11 aromatic carbocycles. The van der Waals surface area contributed by atoms with Crippen LogP contribution >= 0.6 is 0 Å². The number of nitrogens with zero attached hydrogens (tertiary/aromatic N) is 1. The maximum absolute atomic E-state index is 10.9. The molecule has 0 spiro atoms. The third-order valence-electron chi connectivity index (χ3n) is 10.3. The molecule has 0 aromatic heterocycles. The molecular weight excluding hydrogens is 795 g/mol. The molecule has 0 heterocycles. The highest BCUT2D eigenvalue weighted by molar-refractivity contribution is 6.04. The van der Waals surface area contributed by atoms with Gasteiger partial charge in [-0.1, -0.05) is 242 Å². The Bertz CT molecular complexity index is 5980. The minimum absolute atomic E-state index is 0.0591. The summed E-state index contributed by atoms with van der Waals surface area (Å²) in [7, 11) is 0. The maximum atomic E-state index is 10.9. The van der Waals surface area contributed by atoms with E-state index in [0.29, 0.717) is 0 Å². The monoisotopic (exact) mass is 885 g/mol. The molecule has 1 aliphatic carbocycles. The molecule has 0 fully saturated rings. The second kappa shape index (κ2) is 16.6. The van der Waals surface area contributed by atoms with Crippen LogP contribution in [0.15, 0.2) is 272 Å². The minimum Gasteiger partial charge on any atom is -0.310 e. The van der Waals surface area contributed by atoms with Crippen molar-refractivity contribution in [2.75, 3.05) is 4.90 Å². The highest BCUT2D eigenvalue weighted by Gasteiger charge is 2.46. The Kier molecular flexibility index (Phi) is 3.57. The van der Waals surface area contributed by atoms with Crippen LogP contribution in [0.2, 0.25) is 0 Å². The molecule has 11 aromatic rings. The SMILES string of the molecule is [2H]c1c([2H])c([2H])c(-c2c([2H])c([2H])c(-c3c(-c4c([2H])c([2H])c(N(c5c([2H])c([2H])c6c(c5[2H])C(c5c([2H])c([2H])c([2H])c([2H])c5[2H])(c5c([2H])c([2H])c([2H])c([2H])c5[2H])c5c([2H])c([2H])c([2H])c([2H])c5-6)c5c([2H])c([2H])c([2H])c([2H])c5-c5c([2H])c([2H])c([2H])c([2H])c5[2H])c([2H])c4[2H])c([2H])c([2H])c4c([2H])c([2H])c([2H])c([2H])c34)c([2H])c2[2H])c([2H])c1[2H]. The summed E-state index contributed by atoms with van der Waals surface area (Å²) in [5, 5.41) is -1.93. The average Bonchev–Trinajstić information content (AvgIpc) is 1.51. The van der Waals surface area contributed by atoms with Crippen molar-refractivity contribution in [3.05, 3.63) is 294 Å². The molecule has 0 aliphatic heterocycles. The lowest BCUT2D eigenvalue weighted by molar-refractivity contribution is 0.768. The Balaban J connectivity index is 1.37. The Morgan fingerprint density at radius 3 is 1.47 bits per heavy atom. The van der Waals surface area contributed by atoms with Crippen LogP contribution < -0.4 is 4.90 Å². The van der Waals surface area contributed by atoms with Crippen molar-refractivity contribution in [1.29, 1.82) is 0 Å². The number of fused-ring (bicyclic) bond motifs is 4. The van der Waals surface area contributed by atoms with E-state index >= 15 is 0 Å². The van der Waals surface area contributed by atoms with Gasteiger partial charge in [0.15, 0.2) is 0 Å². The predicted molar refractivity (Wildman–Crippen MR) is 278 cm³/mol. The molecule has 1 aliphatic rings. The molecule has 12 rings (SSSR count). The van der Waals surface area contributed by atoms with Gasteiger partial charge >= 0.3 is 0 Å². The summed E-state index contributed by atoms with van der Waals surface area (Å²) in [4.78, 5) is 0.0591. The Hall–Kier alpha value is -8.52. The summed E-state index contributed by atoms with van der Waals surface area (Å²) < 4.78 is 421.